The smallest absolute Gasteiger partial charge is 0.283 e. The molecule has 0 saturated carbocycles. The maximum atomic E-state index is 13.3. The van der Waals surface area contributed by atoms with E-state index in [1.54, 1.807) is 18.2 Å². The number of benzene rings is 2. The van der Waals surface area contributed by atoms with Crippen molar-refractivity contribution in [1.29, 1.82) is 5.41 Å². The van der Waals surface area contributed by atoms with Gasteiger partial charge in [0.05, 0.1) is 5.57 Å². The lowest BCUT2D eigenvalue weighted by Crippen LogP contribution is -2.35. The molecule has 9 heteroatoms. The zero-order valence-electron chi connectivity index (χ0n) is 18.6. The molecular formula is C25H19ClFN5OS. The third kappa shape index (κ3) is 3.78. The minimum absolute atomic E-state index is 0.0525. The predicted octanol–water partition coefficient (Wildman–Crippen LogP) is 5.86. The Bertz CT molecular complexity index is 1470. The van der Waals surface area contributed by atoms with Gasteiger partial charge in [0.15, 0.2) is 5.84 Å². The first-order valence-corrected chi connectivity index (χ1v) is 11.6. The molecule has 0 bridgehead atoms. The number of amidine groups is 2. The molecule has 0 fully saturated rings. The molecule has 6 nitrogen and oxygen atoms in total. The Balaban J connectivity index is 1.52. The minimum atomic E-state index is -0.497. The number of amides is 1. The van der Waals surface area contributed by atoms with Crippen LogP contribution in [0.2, 0.25) is 5.02 Å². The molecule has 2 aliphatic rings. The minimum Gasteiger partial charge on any atom is -0.318 e. The van der Waals surface area contributed by atoms with Crippen LogP contribution in [0.4, 0.5) is 4.39 Å². The van der Waals surface area contributed by atoms with Gasteiger partial charge in [-0.1, -0.05) is 17.7 Å². The monoisotopic (exact) mass is 491 g/mol. The van der Waals surface area contributed by atoms with Crippen molar-refractivity contribution in [2.75, 3.05) is 0 Å². The van der Waals surface area contributed by atoms with Gasteiger partial charge in [-0.2, -0.15) is 15.1 Å². The van der Waals surface area contributed by atoms with E-state index >= 15 is 0 Å². The maximum Gasteiger partial charge on any atom is 0.283 e. The maximum absolute atomic E-state index is 13.3. The van der Waals surface area contributed by atoms with Crippen molar-refractivity contribution in [3.8, 4) is 5.69 Å². The van der Waals surface area contributed by atoms with Crippen LogP contribution in [0.1, 0.15) is 28.1 Å². The highest BCUT2D eigenvalue weighted by Gasteiger charge is 2.36. The van der Waals surface area contributed by atoms with E-state index in [1.165, 1.54) is 28.9 Å². The average molecular weight is 492 g/mol. The number of hydrogen-bond acceptors (Lipinski definition) is 4. The average Bonchev–Trinajstić information content (AvgIpc) is 3.34. The summed E-state index contributed by atoms with van der Waals surface area (Å²) in [7, 11) is 0. The molecule has 0 radical (unpaired) electrons. The van der Waals surface area contributed by atoms with Gasteiger partial charge in [0.25, 0.3) is 5.91 Å². The van der Waals surface area contributed by atoms with Gasteiger partial charge in [0.2, 0.25) is 5.17 Å². The number of rotatable bonds is 3. The first-order chi connectivity index (χ1) is 16.2. The van der Waals surface area contributed by atoms with Gasteiger partial charge in [-0.05, 0) is 92.2 Å². The highest BCUT2D eigenvalue weighted by Crippen LogP contribution is 2.32. The van der Waals surface area contributed by atoms with Crippen LogP contribution in [0.5, 0.6) is 0 Å². The molecule has 0 spiro atoms. The zero-order valence-corrected chi connectivity index (χ0v) is 20.1. The van der Waals surface area contributed by atoms with Crippen molar-refractivity contribution in [3.63, 3.8) is 0 Å². The highest BCUT2D eigenvalue weighted by molar-refractivity contribution is 8.27. The number of carbonyl (C=O) groups excluding carboxylic acids is 1. The molecule has 0 aliphatic carbocycles. The van der Waals surface area contributed by atoms with Crippen LogP contribution in [-0.2, 0) is 4.79 Å². The first-order valence-electron chi connectivity index (χ1n) is 10.4. The van der Waals surface area contributed by atoms with Crippen molar-refractivity contribution < 1.29 is 9.18 Å². The van der Waals surface area contributed by atoms with Crippen LogP contribution in [0.15, 0.2) is 64.2 Å². The van der Waals surface area contributed by atoms with Crippen LogP contribution >= 0.6 is 23.4 Å². The molecule has 1 amide bonds. The summed E-state index contributed by atoms with van der Waals surface area (Å²) >= 11 is 7.41. The number of nitrogens with zero attached hydrogens (tertiary/aromatic N) is 4. The molecule has 0 saturated heterocycles. The van der Waals surface area contributed by atoms with Gasteiger partial charge in [0, 0.05) is 27.7 Å². The second-order valence-corrected chi connectivity index (χ2v) is 9.42. The van der Waals surface area contributed by atoms with E-state index < -0.39 is 5.91 Å². The van der Waals surface area contributed by atoms with Crippen molar-refractivity contribution in [3.05, 3.63) is 93.0 Å². The molecule has 170 valence electrons. The number of aromatic nitrogens is 1. The molecule has 2 aromatic carbocycles. The molecule has 0 unspecified atom stereocenters. The molecule has 2 aliphatic heterocycles. The number of nitrogens with one attached hydrogen (secondary N) is 1. The number of aryl methyl sites for hydroxylation is 2. The third-order valence-corrected chi connectivity index (χ3v) is 6.92. The second kappa shape index (κ2) is 8.38. The third-order valence-electron chi connectivity index (χ3n) is 5.73. The summed E-state index contributed by atoms with van der Waals surface area (Å²) in [5, 5.41) is 15.9. The lowest BCUT2D eigenvalue weighted by molar-refractivity contribution is -0.114. The van der Waals surface area contributed by atoms with Gasteiger partial charge in [-0.15, -0.1) is 0 Å². The van der Waals surface area contributed by atoms with Crippen LogP contribution in [0, 0.1) is 32.0 Å². The summed E-state index contributed by atoms with van der Waals surface area (Å²) in [6.45, 7) is 5.96. The lowest BCUT2D eigenvalue weighted by Gasteiger charge is -2.20. The Kier molecular flexibility index (Phi) is 5.50. The van der Waals surface area contributed by atoms with Crippen LogP contribution in [0.25, 0.3) is 11.8 Å². The zero-order chi connectivity index (χ0) is 24.1. The Morgan fingerprint density at radius 2 is 1.82 bits per heavy atom. The largest absolute Gasteiger partial charge is 0.318 e. The van der Waals surface area contributed by atoms with Gasteiger partial charge < -0.3 is 4.57 Å². The van der Waals surface area contributed by atoms with Crippen molar-refractivity contribution in [2.24, 2.45) is 10.1 Å². The topological polar surface area (TPSA) is 73.8 Å². The van der Waals surface area contributed by atoms with Gasteiger partial charge in [0.1, 0.15) is 10.9 Å². The number of thioether (sulfide) groups is 1. The van der Waals surface area contributed by atoms with E-state index in [1.807, 2.05) is 45.0 Å². The predicted molar refractivity (Wildman–Crippen MR) is 136 cm³/mol. The summed E-state index contributed by atoms with van der Waals surface area (Å²) in [5.41, 5.74) is 5.56. The van der Waals surface area contributed by atoms with Crippen molar-refractivity contribution in [2.45, 2.75) is 20.8 Å². The van der Waals surface area contributed by atoms with Crippen LogP contribution in [-0.4, -0.2) is 31.5 Å². The fourth-order valence-electron chi connectivity index (χ4n) is 3.98. The summed E-state index contributed by atoms with van der Waals surface area (Å²) in [6.07, 6.45) is 1.68. The normalized spacial score (nSPS) is 16.7. The summed E-state index contributed by atoms with van der Waals surface area (Å²) in [5.74, 6) is -0.896. The Morgan fingerprint density at radius 3 is 2.56 bits per heavy atom. The molecule has 34 heavy (non-hydrogen) atoms. The van der Waals surface area contributed by atoms with E-state index in [4.69, 9.17) is 17.0 Å². The molecular weight excluding hydrogens is 473 g/mol. The van der Waals surface area contributed by atoms with Crippen LogP contribution < -0.4 is 0 Å². The number of carbonyl (C=O) groups is 1. The molecule has 1 aromatic heterocycles. The standard InChI is InChI=1S/C25H19ClFN5OS/c1-13-4-7-18(26)12-21(13)31-14(2)10-17(15(31)3)11-20-22(28)32-25(29-23(20)33)34-24(30-32)16-5-8-19(27)9-6-16/h4-12,28H,1-3H3/b20-11+,28-22?. The van der Waals surface area contributed by atoms with Crippen molar-refractivity contribution >= 4 is 51.4 Å². The molecule has 5 rings (SSSR count). The van der Waals surface area contributed by atoms with E-state index in [-0.39, 0.29) is 17.2 Å². The van der Waals surface area contributed by atoms with Crippen molar-refractivity contribution in [1.82, 2.24) is 9.58 Å². The van der Waals surface area contributed by atoms with E-state index in [2.05, 4.69) is 14.7 Å². The Hall–Kier alpha value is -3.49. The quantitative estimate of drug-likeness (QED) is 0.466. The number of fused-ring (bicyclic) bond motifs is 1. The van der Waals surface area contributed by atoms with E-state index in [9.17, 15) is 9.18 Å². The van der Waals surface area contributed by atoms with Crippen LogP contribution in [0.3, 0.4) is 0 Å². The fraction of sp³-hybridized carbons (Fsp3) is 0.120. The number of halogens is 2. The fourth-order valence-corrected chi connectivity index (χ4v) is 5.05. The van der Waals surface area contributed by atoms with E-state index in [0.29, 0.717) is 20.8 Å². The summed E-state index contributed by atoms with van der Waals surface area (Å²) in [4.78, 5) is 17.0. The second-order valence-electron chi connectivity index (χ2n) is 8.02. The van der Waals surface area contributed by atoms with E-state index in [0.717, 1.165) is 28.2 Å². The highest BCUT2D eigenvalue weighted by atomic mass is 35.5. The van der Waals surface area contributed by atoms with Gasteiger partial charge in [-0.25, -0.2) is 4.39 Å². The Morgan fingerprint density at radius 1 is 1.09 bits per heavy atom. The summed E-state index contributed by atoms with van der Waals surface area (Å²) < 4.78 is 15.4. The molecule has 3 heterocycles. The van der Waals surface area contributed by atoms with Gasteiger partial charge in [-0.3, -0.25) is 10.2 Å². The number of hydrogen-bond donors (Lipinski definition) is 1. The molecule has 1 N–H and O–H groups in total. The SMILES string of the molecule is Cc1ccc(Cl)cc1-n1c(C)cc(/C=C2\C(=N)N3N=C(c4ccc(F)cc4)SC3=NC2=O)c1C. The molecule has 3 aromatic rings. The molecule has 0 atom stereocenters. The van der Waals surface area contributed by atoms with Gasteiger partial charge >= 0.3 is 0 Å². The first kappa shape index (κ1) is 22.3. The number of aliphatic imine (C=N–C) groups is 1. The Labute approximate surface area is 205 Å². The summed E-state index contributed by atoms with van der Waals surface area (Å²) in [6, 6.07) is 13.6. The lowest BCUT2D eigenvalue weighted by atomic mass is 10.1. The number of hydrazone groups is 1.